The van der Waals surface area contributed by atoms with Crippen molar-refractivity contribution < 1.29 is 14.2 Å². The number of likely N-dealkylation sites (tertiary alicyclic amines) is 1. The Kier molecular flexibility index (Phi) is 7.24. The summed E-state index contributed by atoms with van der Waals surface area (Å²) < 4.78 is 19.6. The predicted molar refractivity (Wildman–Crippen MR) is 139 cm³/mol. The Morgan fingerprint density at radius 2 is 1.69 bits per heavy atom. The minimum atomic E-state index is -0.224. The molecule has 3 aromatic rings. The van der Waals surface area contributed by atoms with Gasteiger partial charge in [0.1, 0.15) is 23.9 Å². The van der Waals surface area contributed by atoms with Gasteiger partial charge < -0.3 is 14.7 Å². The van der Waals surface area contributed by atoms with Gasteiger partial charge in [-0.05, 0) is 110 Å². The number of hydrogen-bond acceptors (Lipinski definition) is 4. The molecule has 0 amide bonds. The minimum absolute atomic E-state index is 0.109. The first-order chi connectivity index (χ1) is 17.0. The summed E-state index contributed by atoms with van der Waals surface area (Å²) in [6.45, 7) is 7.20. The number of benzene rings is 3. The van der Waals surface area contributed by atoms with Crippen molar-refractivity contribution in [3.63, 3.8) is 0 Å². The van der Waals surface area contributed by atoms with E-state index in [1.165, 1.54) is 54.8 Å². The fourth-order valence-corrected chi connectivity index (χ4v) is 5.38. The molecule has 4 nitrogen and oxygen atoms in total. The number of anilines is 1. The average molecular weight is 475 g/mol. The fraction of sp³-hybridized carbons (Fsp3) is 0.400. The van der Waals surface area contributed by atoms with E-state index in [4.69, 9.17) is 4.74 Å². The molecule has 0 radical (unpaired) electrons. The molecule has 1 N–H and O–H groups in total. The average Bonchev–Trinajstić information content (AvgIpc) is 2.87. The Bertz CT molecular complexity index is 1110. The van der Waals surface area contributed by atoms with Crippen LogP contribution in [0.1, 0.15) is 42.5 Å². The first kappa shape index (κ1) is 23.7. The normalized spacial score (nSPS) is 18.9. The third kappa shape index (κ3) is 5.79. The van der Waals surface area contributed by atoms with Gasteiger partial charge in [-0.2, -0.15) is 0 Å². The number of ether oxygens (including phenoxy) is 1. The highest BCUT2D eigenvalue weighted by Crippen LogP contribution is 2.37. The molecule has 5 rings (SSSR count). The van der Waals surface area contributed by atoms with Crippen LogP contribution in [0.15, 0.2) is 66.7 Å². The highest BCUT2D eigenvalue weighted by atomic mass is 19.1. The van der Waals surface area contributed by atoms with Crippen molar-refractivity contribution in [1.82, 2.24) is 4.90 Å². The van der Waals surface area contributed by atoms with Gasteiger partial charge in [0.2, 0.25) is 0 Å². The molecule has 0 spiro atoms. The molecule has 1 fully saturated rings. The quantitative estimate of drug-likeness (QED) is 0.456. The Hall–Kier alpha value is -3.05. The van der Waals surface area contributed by atoms with E-state index in [0.717, 1.165) is 43.3 Å². The lowest BCUT2D eigenvalue weighted by molar-refractivity contribution is 0.160. The third-order valence-electron chi connectivity index (χ3n) is 7.55. The summed E-state index contributed by atoms with van der Waals surface area (Å²) in [4.78, 5) is 4.85. The number of nitrogens with zero attached hydrogens (tertiary/aromatic N) is 2. The zero-order valence-corrected chi connectivity index (χ0v) is 20.5. The zero-order chi connectivity index (χ0) is 24.2. The molecule has 5 heteroatoms. The minimum Gasteiger partial charge on any atom is -0.508 e. The van der Waals surface area contributed by atoms with Crippen LogP contribution < -0.4 is 9.64 Å². The van der Waals surface area contributed by atoms with Gasteiger partial charge in [-0.3, -0.25) is 4.90 Å². The van der Waals surface area contributed by atoms with Gasteiger partial charge in [-0.15, -0.1) is 0 Å². The smallest absolute Gasteiger partial charge is 0.123 e. The fourth-order valence-electron chi connectivity index (χ4n) is 5.38. The Balaban J connectivity index is 1.27. The summed E-state index contributed by atoms with van der Waals surface area (Å²) in [6.07, 6.45) is 4.24. The highest BCUT2D eigenvalue weighted by Gasteiger charge is 2.28. The highest BCUT2D eigenvalue weighted by molar-refractivity contribution is 5.53. The van der Waals surface area contributed by atoms with Crippen LogP contribution >= 0.6 is 0 Å². The summed E-state index contributed by atoms with van der Waals surface area (Å²) in [5.74, 6) is 1.83. The van der Waals surface area contributed by atoms with Crippen molar-refractivity contribution in [2.75, 3.05) is 37.7 Å². The van der Waals surface area contributed by atoms with Crippen LogP contribution in [-0.2, 0) is 12.8 Å². The number of hydrogen-bond donors (Lipinski definition) is 1. The van der Waals surface area contributed by atoms with Crippen LogP contribution in [0.2, 0.25) is 0 Å². The number of fused-ring (bicyclic) bond motifs is 1. The number of phenols is 1. The maximum atomic E-state index is 13.6. The monoisotopic (exact) mass is 474 g/mol. The van der Waals surface area contributed by atoms with E-state index in [1.54, 1.807) is 6.07 Å². The molecule has 0 aromatic heterocycles. The van der Waals surface area contributed by atoms with Gasteiger partial charge in [0.05, 0.1) is 6.04 Å². The lowest BCUT2D eigenvalue weighted by Gasteiger charge is -2.39. The van der Waals surface area contributed by atoms with Crippen molar-refractivity contribution in [2.24, 2.45) is 5.92 Å². The summed E-state index contributed by atoms with van der Waals surface area (Å²) in [5.41, 5.74) is 4.64. The van der Waals surface area contributed by atoms with Crippen LogP contribution in [0.25, 0.3) is 0 Å². The Morgan fingerprint density at radius 1 is 0.943 bits per heavy atom. The number of halogens is 1. The van der Waals surface area contributed by atoms with Crippen molar-refractivity contribution in [3.05, 3.63) is 89.2 Å². The van der Waals surface area contributed by atoms with Crippen molar-refractivity contribution >= 4 is 5.69 Å². The lowest BCUT2D eigenvalue weighted by atomic mass is 9.88. The number of rotatable bonds is 7. The van der Waals surface area contributed by atoms with Gasteiger partial charge in [0, 0.05) is 18.8 Å². The molecule has 0 saturated carbocycles. The molecular weight excluding hydrogens is 439 g/mol. The molecule has 0 bridgehead atoms. The maximum Gasteiger partial charge on any atom is 0.123 e. The largest absolute Gasteiger partial charge is 0.508 e. The molecule has 2 aliphatic heterocycles. The number of phenolic OH excluding ortho intramolecular Hbond substituents is 1. The van der Waals surface area contributed by atoms with Crippen LogP contribution in [0.5, 0.6) is 11.5 Å². The molecule has 0 aliphatic carbocycles. The maximum absolute atomic E-state index is 13.6. The summed E-state index contributed by atoms with van der Waals surface area (Å²) in [5, 5.41) is 10.0. The SMILES string of the molecule is CC1CCN(CCOc2ccc(CC3c4ccc(O)cc4CCN3c3ccc(F)cc3)cc2)CC1. The van der Waals surface area contributed by atoms with E-state index >= 15 is 0 Å². The summed E-state index contributed by atoms with van der Waals surface area (Å²) in [7, 11) is 0. The topological polar surface area (TPSA) is 35.9 Å². The van der Waals surface area contributed by atoms with Crippen LogP contribution in [0.3, 0.4) is 0 Å². The van der Waals surface area contributed by atoms with E-state index in [2.05, 4.69) is 41.0 Å². The van der Waals surface area contributed by atoms with Crippen LogP contribution in [-0.4, -0.2) is 42.8 Å². The van der Waals surface area contributed by atoms with Gasteiger partial charge in [-0.1, -0.05) is 25.1 Å². The van der Waals surface area contributed by atoms with E-state index in [-0.39, 0.29) is 11.9 Å². The standard InChI is InChI=1S/C30H35FN2O2/c1-22-12-15-32(16-13-22)18-19-35-28-9-2-23(3-10-28)20-30-29-11-8-27(34)21-24(29)14-17-33(30)26-6-4-25(31)5-7-26/h2-11,21-22,30,34H,12-20H2,1H3. The second kappa shape index (κ2) is 10.7. The molecule has 184 valence electrons. The molecule has 2 aliphatic rings. The summed E-state index contributed by atoms with van der Waals surface area (Å²) >= 11 is 0. The van der Waals surface area contributed by atoms with Crippen molar-refractivity contribution in [1.29, 1.82) is 0 Å². The molecule has 2 heterocycles. The van der Waals surface area contributed by atoms with E-state index in [1.807, 2.05) is 24.3 Å². The van der Waals surface area contributed by atoms with E-state index in [9.17, 15) is 9.50 Å². The summed E-state index contributed by atoms with van der Waals surface area (Å²) in [6, 6.07) is 21.0. The van der Waals surface area contributed by atoms with Crippen molar-refractivity contribution in [2.45, 2.75) is 38.6 Å². The van der Waals surface area contributed by atoms with Crippen molar-refractivity contribution in [3.8, 4) is 11.5 Å². The number of piperidine rings is 1. The molecular formula is C30H35FN2O2. The Labute approximate surface area is 208 Å². The van der Waals surface area contributed by atoms with E-state index in [0.29, 0.717) is 12.4 Å². The molecule has 1 saturated heterocycles. The second-order valence-corrected chi connectivity index (χ2v) is 10.0. The molecule has 1 unspecified atom stereocenters. The third-order valence-corrected chi connectivity index (χ3v) is 7.55. The lowest BCUT2D eigenvalue weighted by Crippen LogP contribution is -2.36. The van der Waals surface area contributed by atoms with Crippen LogP contribution in [0.4, 0.5) is 10.1 Å². The molecule has 35 heavy (non-hydrogen) atoms. The van der Waals surface area contributed by atoms with Gasteiger partial charge in [0.25, 0.3) is 0 Å². The van der Waals surface area contributed by atoms with Crippen LogP contribution in [0, 0.1) is 11.7 Å². The molecule has 3 aromatic carbocycles. The predicted octanol–water partition coefficient (Wildman–Crippen LogP) is 5.99. The second-order valence-electron chi connectivity index (χ2n) is 10.0. The first-order valence-corrected chi connectivity index (χ1v) is 12.8. The zero-order valence-electron chi connectivity index (χ0n) is 20.5. The van der Waals surface area contributed by atoms with Gasteiger partial charge in [0.15, 0.2) is 0 Å². The Morgan fingerprint density at radius 3 is 2.43 bits per heavy atom. The number of aromatic hydroxyl groups is 1. The van der Waals surface area contributed by atoms with E-state index < -0.39 is 0 Å². The van der Waals surface area contributed by atoms with Gasteiger partial charge >= 0.3 is 0 Å². The van der Waals surface area contributed by atoms with Gasteiger partial charge in [-0.25, -0.2) is 4.39 Å². The molecule has 1 atom stereocenters. The first-order valence-electron chi connectivity index (χ1n) is 12.8.